The molecule has 1 unspecified atom stereocenters. The summed E-state index contributed by atoms with van der Waals surface area (Å²) in [6, 6.07) is 3.91. The zero-order valence-electron chi connectivity index (χ0n) is 15.8. The van der Waals surface area contributed by atoms with E-state index in [0.717, 1.165) is 25.5 Å². The number of nitrogens with zero attached hydrogens (tertiary/aromatic N) is 1. The first-order valence-corrected chi connectivity index (χ1v) is 8.67. The maximum atomic E-state index is 13.3. The Labute approximate surface area is 175 Å². The van der Waals surface area contributed by atoms with Crippen molar-refractivity contribution in [1.82, 2.24) is 10.6 Å². The van der Waals surface area contributed by atoms with Gasteiger partial charge in [0.2, 0.25) is 0 Å². The fraction of sp³-hybridized carbons (Fsp3) is 0.611. The Bertz CT molecular complexity index is 633. The summed E-state index contributed by atoms with van der Waals surface area (Å²) in [4.78, 5) is 4.30. The van der Waals surface area contributed by atoms with Gasteiger partial charge in [-0.3, -0.25) is 0 Å². The number of alkyl halides is 3. The third kappa shape index (κ3) is 7.02. The van der Waals surface area contributed by atoms with Gasteiger partial charge in [0.15, 0.2) is 5.96 Å². The molecule has 0 amide bonds. The van der Waals surface area contributed by atoms with Gasteiger partial charge in [0.1, 0.15) is 5.75 Å². The second-order valence-corrected chi connectivity index (χ2v) is 6.47. The van der Waals surface area contributed by atoms with Crippen LogP contribution in [0.2, 0.25) is 0 Å². The first-order chi connectivity index (χ1) is 12.3. The summed E-state index contributed by atoms with van der Waals surface area (Å²) < 4.78 is 50.5. The third-order valence-corrected chi connectivity index (χ3v) is 4.30. The molecule has 1 aliphatic rings. The van der Waals surface area contributed by atoms with Crippen LogP contribution in [0.1, 0.15) is 37.8 Å². The van der Waals surface area contributed by atoms with E-state index in [1.54, 1.807) is 0 Å². The van der Waals surface area contributed by atoms with Gasteiger partial charge in [0.25, 0.3) is 0 Å². The van der Waals surface area contributed by atoms with Crippen LogP contribution in [0.5, 0.6) is 5.75 Å². The Kier molecular flexibility index (Phi) is 9.13. The van der Waals surface area contributed by atoms with Gasteiger partial charge < -0.3 is 20.1 Å². The van der Waals surface area contributed by atoms with E-state index in [1.165, 1.54) is 19.2 Å². The number of rotatable bonds is 6. The number of aliphatic imine (C=N–C) groups is 1. The molecular weight excluding hydrogens is 474 g/mol. The molecule has 0 saturated carbocycles. The summed E-state index contributed by atoms with van der Waals surface area (Å²) in [5, 5.41) is 6.21. The van der Waals surface area contributed by atoms with Gasteiger partial charge in [-0.1, -0.05) is 6.07 Å². The van der Waals surface area contributed by atoms with Crippen molar-refractivity contribution in [1.29, 1.82) is 0 Å². The van der Waals surface area contributed by atoms with Crippen LogP contribution in [0.15, 0.2) is 23.2 Å². The molecule has 1 saturated heterocycles. The third-order valence-electron chi connectivity index (χ3n) is 4.30. The van der Waals surface area contributed by atoms with Gasteiger partial charge in [-0.25, -0.2) is 4.99 Å². The minimum atomic E-state index is -4.46. The molecule has 1 fully saturated rings. The van der Waals surface area contributed by atoms with E-state index in [9.17, 15) is 13.2 Å². The summed E-state index contributed by atoms with van der Waals surface area (Å²) in [6.45, 7) is 5.71. The van der Waals surface area contributed by atoms with Crippen molar-refractivity contribution in [2.24, 2.45) is 4.99 Å². The average molecular weight is 501 g/mol. The normalized spacial score (nSPS) is 20.1. The van der Waals surface area contributed by atoms with E-state index >= 15 is 0 Å². The maximum absolute atomic E-state index is 13.3. The zero-order chi connectivity index (χ0) is 19.2. The van der Waals surface area contributed by atoms with Crippen LogP contribution in [0.3, 0.4) is 0 Å². The SMILES string of the molecule is CCNC(=NCc1ccc(OC)cc1C(F)(F)F)NCC1(C)CCCO1.I. The van der Waals surface area contributed by atoms with Crippen molar-refractivity contribution in [3.05, 3.63) is 29.3 Å². The van der Waals surface area contributed by atoms with Crippen LogP contribution in [0.25, 0.3) is 0 Å². The average Bonchev–Trinajstić information content (AvgIpc) is 3.03. The predicted molar refractivity (Wildman–Crippen MR) is 110 cm³/mol. The summed E-state index contributed by atoms with van der Waals surface area (Å²) in [5.41, 5.74) is -0.908. The minimum absolute atomic E-state index is 0. The highest BCUT2D eigenvalue weighted by molar-refractivity contribution is 14.0. The van der Waals surface area contributed by atoms with Crippen LogP contribution in [0.4, 0.5) is 13.2 Å². The van der Waals surface area contributed by atoms with Crippen LogP contribution < -0.4 is 15.4 Å². The molecule has 0 radical (unpaired) electrons. The van der Waals surface area contributed by atoms with Crippen LogP contribution >= 0.6 is 24.0 Å². The van der Waals surface area contributed by atoms with Crippen molar-refractivity contribution < 1.29 is 22.6 Å². The predicted octanol–water partition coefficient (Wildman–Crippen LogP) is 3.96. The molecule has 5 nitrogen and oxygen atoms in total. The molecule has 1 aromatic rings. The smallest absolute Gasteiger partial charge is 0.416 e. The molecule has 0 bridgehead atoms. The minimum Gasteiger partial charge on any atom is -0.497 e. The highest BCUT2D eigenvalue weighted by atomic mass is 127. The maximum Gasteiger partial charge on any atom is 0.416 e. The van der Waals surface area contributed by atoms with E-state index in [1.807, 2.05) is 13.8 Å². The van der Waals surface area contributed by atoms with Gasteiger partial charge in [-0.15, -0.1) is 24.0 Å². The Morgan fingerprint density at radius 3 is 2.63 bits per heavy atom. The lowest BCUT2D eigenvalue weighted by atomic mass is 10.0. The number of guanidine groups is 1. The van der Waals surface area contributed by atoms with Gasteiger partial charge in [-0.2, -0.15) is 13.2 Å². The summed E-state index contributed by atoms with van der Waals surface area (Å²) >= 11 is 0. The summed E-state index contributed by atoms with van der Waals surface area (Å²) in [5.74, 6) is 0.634. The van der Waals surface area contributed by atoms with Gasteiger partial charge in [0, 0.05) is 19.7 Å². The van der Waals surface area contributed by atoms with E-state index in [0.29, 0.717) is 19.0 Å². The van der Waals surface area contributed by atoms with Crippen molar-refractivity contribution in [3.8, 4) is 5.75 Å². The molecule has 1 aliphatic heterocycles. The Morgan fingerprint density at radius 1 is 1.33 bits per heavy atom. The van der Waals surface area contributed by atoms with Crippen molar-refractivity contribution >= 4 is 29.9 Å². The second-order valence-electron chi connectivity index (χ2n) is 6.47. The number of hydrogen-bond acceptors (Lipinski definition) is 3. The lowest BCUT2D eigenvalue weighted by Crippen LogP contribution is -2.45. The van der Waals surface area contributed by atoms with Gasteiger partial charge in [0.05, 0.1) is 24.8 Å². The van der Waals surface area contributed by atoms with Crippen LogP contribution in [-0.4, -0.2) is 38.4 Å². The van der Waals surface area contributed by atoms with E-state index in [2.05, 4.69) is 15.6 Å². The van der Waals surface area contributed by atoms with Crippen molar-refractivity contribution in [2.45, 2.75) is 45.0 Å². The van der Waals surface area contributed by atoms with Gasteiger partial charge >= 0.3 is 6.18 Å². The number of methoxy groups -OCH3 is 1. The lowest BCUT2D eigenvalue weighted by Gasteiger charge is -2.24. The Balaban J connectivity index is 0.00000364. The largest absolute Gasteiger partial charge is 0.497 e. The first-order valence-electron chi connectivity index (χ1n) is 8.67. The molecule has 0 aromatic heterocycles. The van der Waals surface area contributed by atoms with E-state index < -0.39 is 11.7 Å². The Morgan fingerprint density at radius 2 is 2.07 bits per heavy atom. The molecule has 1 heterocycles. The monoisotopic (exact) mass is 501 g/mol. The second kappa shape index (κ2) is 10.4. The fourth-order valence-corrected chi connectivity index (χ4v) is 2.84. The van der Waals surface area contributed by atoms with Gasteiger partial charge in [-0.05, 0) is 44.4 Å². The molecule has 1 atom stereocenters. The molecule has 9 heteroatoms. The summed E-state index contributed by atoms with van der Waals surface area (Å²) in [7, 11) is 1.34. The highest BCUT2D eigenvalue weighted by Gasteiger charge is 2.34. The van der Waals surface area contributed by atoms with E-state index in [-0.39, 0.29) is 47.4 Å². The first kappa shape index (κ1) is 23.8. The number of hydrogen-bond donors (Lipinski definition) is 2. The Hall–Kier alpha value is -1.23. The highest BCUT2D eigenvalue weighted by Crippen LogP contribution is 2.34. The van der Waals surface area contributed by atoms with Crippen LogP contribution in [0, 0.1) is 0 Å². The number of ether oxygens (including phenoxy) is 2. The van der Waals surface area contributed by atoms with Crippen molar-refractivity contribution in [2.75, 3.05) is 26.8 Å². The molecule has 2 N–H and O–H groups in total. The standard InChI is InChI=1S/C18H26F3N3O2.HI/c1-4-22-16(24-12-17(2)8-5-9-26-17)23-11-13-6-7-14(25-3)10-15(13)18(19,20)21;/h6-7,10H,4-5,8-9,11-12H2,1-3H3,(H2,22,23,24);1H. The number of nitrogens with one attached hydrogen (secondary N) is 2. The summed E-state index contributed by atoms with van der Waals surface area (Å²) in [6.07, 6.45) is -2.51. The molecule has 27 heavy (non-hydrogen) atoms. The van der Waals surface area contributed by atoms with Crippen LogP contribution in [-0.2, 0) is 17.5 Å². The molecule has 0 aliphatic carbocycles. The lowest BCUT2D eigenvalue weighted by molar-refractivity contribution is -0.138. The topological polar surface area (TPSA) is 54.9 Å². The molecule has 1 aromatic carbocycles. The quantitative estimate of drug-likeness (QED) is 0.352. The molecule has 0 spiro atoms. The van der Waals surface area contributed by atoms with E-state index in [4.69, 9.17) is 9.47 Å². The van der Waals surface area contributed by atoms with Crippen molar-refractivity contribution in [3.63, 3.8) is 0 Å². The zero-order valence-corrected chi connectivity index (χ0v) is 18.1. The molecule has 2 rings (SSSR count). The fourth-order valence-electron chi connectivity index (χ4n) is 2.84. The molecule has 154 valence electrons. The number of halogens is 4. The molecular formula is C18H27F3IN3O2. The number of benzene rings is 1.